The zero-order valence-electron chi connectivity index (χ0n) is 8.70. The van der Waals surface area contributed by atoms with E-state index in [1.165, 1.54) is 16.8 Å². The van der Waals surface area contributed by atoms with Crippen LogP contribution in [-0.4, -0.2) is 18.5 Å². The third-order valence-corrected chi connectivity index (χ3v) is 2.49. The summed E-state index contributed by atoms with van der Waals surface area (Å²) in [6, 6.07) is 10.5. The van der Waals surface area contributed by atoms with Gasteiger partial charge in [-0.25, -0.2) is 0 Å². The van der Waals surface area contributed by atoms with Crippen LogP contribution in [0.3, 0.4) is 0 Å². The van der Waals surface area contributed by atoms with E-state index in [1.807, 2.05) is 6.07 Å². The maximum atomic E-state index is 2.28. The van der Waals surface area contributed by atoms with Gasteiger partial charge in [-0.15, -0.1) is 0 Å². The van der Waals surface area contributed by atoms with E-state index in [0.29, 0.717) is 0 Å². The minimum atomic E-state index is 1.03. The molecular formula is C13H15N. The fourth-order valence-corrected chi connectivity index (χ4v) is 1.79. The van der Waals surface area contributed by atoms with Crippen LogP contribution in [0.25, 0.3) is 5.70 Å². The molecule has 0 spiro atoms. The average Bonchev–Trinajstić information content (AvgIpc) is 2.19. The molecule has 0 saturated heterocycles. The molecule has 1 heterocycles. The van der Waals surface area contributed by atoms with Crippen LogP contribution < -0.4 is 0 Å². The molecule has 72 valence electrons. The van der Waals surface area contributed by atoms with E-state index < -0.39 is 0 Å². The van der Waals surface area contributed by atoms with Crippen molar-refractivity contribution < 1.29 is 0 Å². The Morgan fingerprint density at radius 2 is 1.79 bits per heavy atom. The fraction of sp³-hybridized carbons (Fsp3) is 0.231. The molecule has 0 N–H and O–H groups in total. The Bertz CT molecular complexity index is 373. The molecule has 1 nitrogen and oxygen atoms in total. The van der Waals surface area contributed by atoms with Crippen LogP contribution in [0.15, 0.2) is 48.1 Å². The Hall–Kier alpha value is -1.50. The summed E-state index contributed by atoms with van der Waals surface area (Å²) in [5.74, 6) is 0. The van der Waals surface area contributed by atoms with Gasteiger partial charge < -0.3 is 4.90 Å². The predicted octanol–water partition coefficient (Wildman–Crippen LogP) is 2.92. The Labute approximate surface area is 85.4 Å². The second kappa shape index (κ2) is 3.70. The summed E-state index contributed by atoms with van der Waals surface area (Å²) in [6.07, 6.45) is 4.39. The Morgan fingerprint density at radius 1 is 1.07 bits per heavy atom. The number of likely N-dealkylation sites (N-methyl/N-ethyl adjacent to an activating group) is 1. The summed E-state index contributed by atoms with van der Waals surface area (Å²) in [7, 11) is 2.13. The number of allylic oxidation sites excluding steroid dienone is 2. The highest BCUT2D eigenvalue weighted by molar-refractivity contribution is 5.67. The number of hydrogen-bond donors (Lipinski definition) is 0. The van der Waals surface area contributed by atoms with E-state index in [9.17, 15) is 0 Å². The second-order valence-electron chi connectivity index (χ2n) is 3.79. The minimum Gasteiger partial charge on any atom is -0.370 e. The molecule has 0 amide bonds. The van der Waals surface area contributed by atoms with Crippen molar-refractivity contribution in [3.05, 3.63) is 53.6 Å². The lowest BCUT2D eigenvalue weighted by atomic mass is 10.1. The third kappa shape index (κ3) is 1.72. The second-order valence-corrected chi connectivity index (χ2v) is 3.79. The molecule has 1 aromatic rings. The lowest BCUT2D eigenvalue weighted by molar-refractivity contribution is 0.516. The van der Waals surface area contributed by atoms with Gasteiger partial charge in [-0.05, 0) is 18.6 Å². The van der Waals surface area contributed by atoms with Crippen LogP contribution in [0, 0.1) is 0 Å². The van der Waals surface area contributed by atoms with Gasteiger partial charge in [0.2, 0.25) is 0 Å². The van der Waals surface area contributed by atoms with Crippen LogP contribution in [0.4, 0.5) is 0 Å². The first-order valence-corrected chi connectivity index (χ1v) is 4.91. The van der Waals surface area contributed by atoms with Crippen LogP contribution in [0.5, 0.6) is 0 Å². The molecular weight excluding hydrogens is 170 g/mol. The van der Waals surface area contributed by atoms with Crippen molar-refractivity contribution in [1.29, 1.82) is 0 Å². The number of hydrogen-bond acceptors (Lipinski definition) is 1. The first-order chi connectivity index (χ1) is 6.77. The van der Waals surface area contributed by atoms with Gasteiger partial charge >= 0.3 is 0 Å². The molecule has 0 unspecified atom stereocenters. The molecule has 2 rings (SSSR count). The standard InChI is InChI=1S/C13H15N/c1-11-8-9-13(14(2)10-11)12-6-4-3-5-7-12/h3-9H,10H2,1-2H3. The Balaban J connectivity index is 2.35. The van der Waals surface area contributed by atoms with Crippen molar-refractivity contribution >= 4 is 5.70 Å². The summed E-state index contributed by atoms with van der Waals surface area (Å²) in [6.45, 7) is 3.19. The highest BCUT2D eigenvalue weighted by atomic mass is 15.1. The summed E-state index contributed by atoms with van der Waals surface area (Å²) in [5.41, 5.74) is 4.00. The van der Waals surface area contributed by atoms with Gasteiger partial charge in [0.05, 0.1) is 0 Å². The van der Waals surface area contributed by atoms with Gasteiger partial charge in [-0.2, -0.15) is 0 Å². The van der Waals surface area contributed by atoms with Crippen LogP contribution in [0.1, 0.15) is 12.5 Å². The van der Waals surface area contributed by atoms with E-state index in [1.54, 1.807) is 0 Å². The average molecular weight is 185 g/mol. The van der Waals surface area contributed by atoms with E-state index in [0.717, 1.165) is 6.54 Å². The quantitative estimate of drug-likeness (QED) is 0.650. The molecule has 0 radical (unpaired) electrons. The molecule has 1 heteroatoms. The normalized spacial score (nSPS) is 16.3. The van der Waals surface area contributed by atoms with Gasteiger partial charge in [-0.1, -0.05) is 42.0 Å². The molecule has 1 aliphatic heterocycles. The zero-order chi connectivity index (χ0) is 9.97. The molecule has 14 heavy (non-hydrogen) atoms. The van der Waals surface area contributed by atoms with Gasteiger partial charge in [0.25, 0.3) is 0 Å². The monoisotopic (exact) mass is 185 g/mol. The van der Waals surface area contributed by atoms with Crippen LogP contribution in [-0.2, 0) is 0 Å². The molecule has 0 bridgehead atoms. The lowest BCUT2D eigenvalue weighted by Gasteiger charge is -2.26. The van der Waals surface area contributed by atoms with Crippen molar-refractivity contribution in [2.75, 3.05) is 13.6 Å². The fourth-order valence-electron chi connectivity index (χ4n) is 1.79. The van der Waals surface area contributed by atoms with Crippen molar-refractivity contribution in [2.24, 2.45) is 0 Å². The predicted molar refractivity (Wildman–Crippen MR) is 60.8 cm³/mol. The maximum Gasteiger partial charge on any atom is 0.0440 e. The summed E-state index contributed by atoms with van der Waals surface area (Å²) in [4.78, 5) is 2.28. The van der Waals surface area contributed by atoms with E-state index in [2.05, 4.69) is 55.3 Å². The molecule has 0 saturated carbocycles. The molecule has 0 atom stereocenters. The summed E-state index contributed by atoms with van der Waals surface area (Å²) in [5, 5.41) is 0. The van der Waals surface area contributed by atoms with E-state index in [4.69, 9.17) is 0 Å². The number of benzene rings is 1. The van der Waals surface area contributed by atoms with Crippen molar-refractivity contribution in [3.63, 3.8) is 0 Å². The largest absolute Gasteiger partial charge is 0.370 e. The molecule has 1 aromatic carbocycles. The van der Waals surface area contributed by atoms with Gasteiger partial charge in [-0.3, -0.25) is 0 Å². The summed E-state index contributed by atoms with van der Waals surface area (Å²) < 4.78 is 0. The first-order valence-electron chi connectivity index (χ1n) is 4.91. The first kappa shape index (κ1) is 9.07. The van der Waals surface area contributed by atoms with Gasteiger partial charge in [0.1, 0.15) is 0 Å². The third-order valence-electron chi connectivity index (χ3n) is 2.49. The Morgan fingerprint density at radius 3 is 2.43 bits per heavy atom. The van der Waals surface area contributed by atoms with Gasteiger partial charge in [0.15, 0.2) is 0 Å². The topological polar surface area (TPSA) is 3.24 Å². The number of rotatable bonds is 1. The van der Waals surface area contributed by atoms with Gasteiger partial charge in [0, 0.05) is 19.3 Å². The zero-order valence-corrected chi connectivity index (χ0v) is 8.70. The van der Waals surface area contributed by atoms with E-state index in [-0.39, 0.29) is 0 Å². The summed E-state index contributed by atoms with van der Waals surface area (Å²) >= 11 is 0. The number of nitrogens with zero attached hydrogens (tertiary/aromatic N) is 1. The smallest absolute Gasteiger partial charge is 0.0440 e. The molecule has 0 aliphatic carbocycles. The minimum absolute atomic E-state index is 1.03. The van der Waals surface area contributed by atoms with Crippen LogP contribution in [0.2, 0.25) is 0 Å². The maximum absolute atomic E-state index is 2.28. The lowest BCUT2D eigenvalue weighted by Crippen LogP contribution is -2.21. The van der Waals surface area contributed by atoms with Crippen LogP contribution >= 0.6 is 0 Å². The van der Waals surface area contributed by atoms with Crippen molar-refractivity contribution in [3.8, 4) is 0 Å². The highest BCUT2D eigenvalue weighted by Gasteiger charge is 2.09. The van der Waals surface area contributed by atoms with Crippen molar-refractivity contribution in [1.82, 2.24) is 4.90 Å². The molecule has 1 aliphatic rings. The SMILES string of the molecule is CC1=CC=C(c2ccccc2)N(C)C1. The van der Waals surface area contributed by atoms with Crippen molar-refractivity contribution in [2.45, 2.75) is 6.92 Å². The Kier molecular flexibility index (Phi) is 2.40. The molecule has 0 fully saturated rings. The highest BCUT2D eigenvalue weighted by Crippen LogP contribution is 2.22. The molecule has 0 aromatic heterocycles. The van der Waals surface area contributed by atoms with E-state index >= 15 is 0 Å².